The van der Waals surface area contributed by atoms with Crippen LogP contribution in [0.25, 0.3) is 0 Å². The van der Waals surface area contributed by atoms with Crippen LogP contribution in [0.4, 0.5) is 5.82 Å². The lowest BCUT2D eigenvalue weighted by atomic mass is 9.88. The number of nitrogens with one attached hydrogen (secondary N) is 1. The fraction of sp³-hybridized carbons (Fsp3) is 0.312. The van der Waals surface area contributed by atoms with E-state index in [1.165, 1.54) is 18.2 Å². The highest BCUT2D eigenvalue weighted by molar-refractivity contribution is 5.86. The Labute approximate surface area is 123 Å². The summed E-state index contributed by atoms with van der Waals surface area (Å²) in [5, 5.41) is 11.3. The second-order valence-electron chi connectivity index (χ2n) is 5.08. The van der Waals surface area contributed by atoms with Crippen molar-refractivity contribution in [2.24, 2.45) is 0 Å². The zero-order valence-corrected chi connectivity index (χ0v) is 11.9. The summed E-state index contributed by atoms with van der Waals surface area (Å²) < 4.78 is 4.61. The molecule has 1 heterocycles. The quantitative estimate of drug-likeness (QED) is 0.877. The van der Waals surface area contributed by atoms with Crippen molar-refractivity contribution < 1.29 is 9.53 Å². The van der Waals surface area contributed by atoms with E-state index >= 15 is 0 Å². The minimum Gasteiger partial charge on any atom is -0.464 e. The van der Waals surface area contributed by atoms with Gasteiger partial charge in [-0.05, 0) is 42.5 Å². The van der Waals surface area contributed by atoms with Gasteiger partial charge in [0.05, 0.1) is 13.2 Å². The fourth-order valence-corrected chi connectivity index (χ4v) is 2.71. The van der Waals surface area contributed by atoms with Crippen molar-refractivity contribution in [1.82, 2.24) is 10.2 Å². The predicted octanol–water partition coefficient (Wildman–Crippen LogP) is 2.75. The normalized spacial score (nSPS) is 16.9. The summed E-state index contributed by atoms with van der Waals surface area (Å²) >= 11 is 0. The van der Waals surface area contributed by atoms with Gasteiger partial charge in [-0.2, -0.15) is 0 Å². The molecule has 108 valence electrons. The monoisotopic (exact) mass is 283 g/mol. The van der Waals surface area contributed by atoms with Gasteiger partial charge in [-0.25, -0.2) is 4.79 Å². The Bertz CT molecular complexity index is 640. The maximum absolute atomic E-state index is 11.3. The fourth-order valence-electron chi connectivity index (χ4n) is 2.71. The summed E-state index contributed by atoms with van der Waals surface area (Å²) in [6.45, 7) is 0. The van der Waals surface area contributed by atoms with Gasteiger partial charge >= 0.3 is 5.97 Å². The van der Waals surface area contributed by atoms with Crippen LogP contribution in [0, 0.1) is 0 Å². The third kappa shape index (κ3) is 2.86. The van der Waals surface area contributed by atoms with Crippen molar-refractivity contribution in [3.8, 4) is 0 Å². The number of esters is 1. The van der Waals surface area contributed by atoms with Crippen molar-refractivity contribution in [3.63, 3.8) is 0 Å². The Morgan fingerprint density at radius 2 is 2.10 bits per heavy atom. The Balaban J connectivity index is 1.77. The number of fused-ring (bicyclic) bond motifs is 1. The van der Waals surface area contributed by atoms with Gasteiger partial charge in [0.1, 0.15) is 5.82 Å². The molecule has 0 bridgehead atoms. The molecule has 1 N–H and O–H groups in total. The number of carbonyl (C=O) groups excluding carboxylic acids is 1. The Morgan fingerprint density at radius 3 is 2.86 bits per heavy atom. The van der Waals surface area contributed by atoms with Gasteiger partial charge in [-0.1, -0.05) is 24.3 Å². The summed E-state index contributed by atoms with van der Waals surface area (Å²) in [6.07, 6.45) is 3.35. The molecule has 0 saturated carbocycles. The molecule has 5 heteroatoms. The average molecular weight is 283 g/mol. The Kier molecular flexibility index (Phi) is 3.81. The van der Waals surface area contributed by atoms with Crippen molar-refractivity contribution in [1.29, 1.82) is 0 Å². The van der Waals surface area contributed by atoms with Crippen LogP contribution in [0.15, 0.2) is 36.4 Å². The SMILES string of the molecule is COC(=O)c1ccc(NC2CCCc3ccccc32)nn1. The lowest BCUT2D eigenvalue weighted by molar-refractivity contribution is 0.0593. The number of anilines is 1. The molecule has 0 spiro atoms. The zero-order chi connectivity index (χ0) is 14.7. The molecule has 0 fully saturated rings. The summed E-state index contributed by atoms with van der Waals surface area (Å²) in [7, 11) is 1.33. The van der Waals surface area contributed by atoms with Gasteiger partial charge in [0, 0.05) is 0 Å². The van der Waals surface area contributed by atoms with Gasteiger partial charge in [0.25, 0.3) is 0 Å². The second-order valence-corrected chi connectivity index (χ2v) is 5.08. The molecule has 0 saturated heterocycles. The van der Waals surface area contributed by atoms with Crippen LogP contribution >= 0.6 is 0 Å². The third-order valence-corrected chi connectivity index (χ3v) is 3.75. The number of hydrogen-bond acceptors (Lipinski definition) is 5. The number of aromatic nitrogens is 2. The molecule has 2 aromatic rings. The minimum atomic E-state index is -0.475. The lowest BCUT2D eigenvalue weighted by Gasteiger charge is -2.26. The van der Waals surface area contributed by atoms with E-state index in [-0.39, 0.29) is 11.7 Å². The smallest absolute Gasteiger partial charge is 0.358 e. The minimum absolute atomic E-state index is 0.215. The summed E-state index contributed by atoms with van der Waals surface area (Å²) in [4.78, 5) is 11.3. The molecule has 0 radical (unpaired) electrons. The van der Waals surface area contributed by atoms with E-state index in [1.54, 1.807) is 12.1 Å². The molecule has 0 aliphatic heterocycles. The van der Waals surface area contributed by atoms with Gasteiger partial charge in [0.15, 0.2) is 5.69 Å². The Morgan fingerprint density at radius 1 is 1.24 bits per heavy atom. The molecule has 1 aliphatic carbocycles. The summed E-state index contributed by atoms with van der Waals surface area (Å²) in [5.74, 6) is 0.196. The van der Waals surface area contributed by atoms with Crippen LogP contribution in [0.3, 0.4) is 0 Å². The Hall–Kier alpha value is -2.43. The molecule has 3 rings (SSSR count). The number of methoxy groups -OCH3 is 1. The van der Waals surface area contributed by atoms with Crippen LogP contribution in [-0.4, -0.2) is 23.3 Å². The molecule has 0 amide bonds. The molecule has 1 aliphatic rings. The molecule has 5 nitrogen and oxygen atoms in total. The van der Waals surface area contributed by atoms with Crippen LogP contribution in [0.1, 0.15) is 40.5 Å². The van der Waals surface area contributed by atoms with Crippen molar-refractivity contribution in [2.75, 3.05) is 12.4 Å². The lowest BCUT2D eigenvalue weighted by Crippen LogP contribution is -2.18. The first-order valence-corrected chi connectivity index (χ1v) is 7.04. The van der Waals surface area contributed by atoms with Gasteiger partial charge in [0.2, 0.25) is 0 Å². The first-order chi connectivity index (χ1) is 10.3. The largest absolute Gasteiger partial charge is 0.464 e. The van der Waals surface area contributed by atoms with Crippen LogP contribution in [0.5, 0.6) is 0 Å². The number of ether oxygens (including phenoxy) is 1. The molecular formula is C16H17N3O2. The van der Waals surface area contributed by atoms with E-state index in [2.05, 4.69) is 44.5 Å². The third-order valence-electron chi connectivity index (χ3n) is 3.75. The highest BCUT2D eigenvalue weighted by Gasteiger charge is 2.20. The molecule has 1 aromatic heterocycles. The highest BCUT2D eigenvalue weighted by Crippen LogP contribution is 2.31. The number of rotatable bonds is 3. The van der Waals surface area contributed by atoms with Gasteiger partial charge in [-0.3, -0.25) is 0 Å². The number of hydrogen-bond donors (Lipinski definition) is 1. The number of nitrogens with zero attached hydrogens (tertiary/aromatic N) is 2. The molecule has 1 unspecified atom stereocenters. The zero-order valence-electron chi connectivity index (χ0n) is 11.9. The van der Waals surface area contributed by atoms with Crippen LogP contribution < -0.4 is 5.32 Å². The molecule has 1 atom stereocenters. The first-order valence-electron chi connectivity index (χ1n) is 7.04. The first kappa shape index (κ1) is 13.5. The molecular weight excluding hydrogens is 266 g/mol. The number of benzene rings is 1. The van der Waals surface area contributed by atoms with E-state index in [1.807, 2.05) is 0 Å². The summed E-state index contributed by atoms with van der Waals surface area (Å²) in [5.41, 5.74) is 2.93. The standard InChI is InChI=1S/C16H17N3O2/c1-21-16(20)14-9-10-15(19-18-14)17-13-8-4-6-11-5-2-3-7-12(11)13/h2-3,5,7,9-10,13H,4,6,8H2,1H3,(H,17,19). The number of aryl methyl sites for hydroxylation is 1. The molecule has 1 aromatic carbocycles. The maximum Gasteiger partial charge on any atom is 0.358 e. The highest BCUT2D eigenvalue weighted by atomic mass is 16.5. The van der Waals surface area contributed by atoms with E-state index < -0.39 is 5.97 Å². The van der Waals surface area contributed by atoms with Gasteiger partial charge < -0.3 is 10.1 Å². The predicted molar refractivity (Wildman–Crippen MR) is 79.1 cm³/mol. The topological polar surface area (TPSA) is 64.1 Å². The summed E-state index contributed by atoms with van der Waals surface area (Å²) in [6, 6.07) is 12.1. The van der Waals surface area contributed by atoms with Gasteiger partial charge in [-0.15, -0.1) is 10.2 Å². The molecule has 21 heavy (non-hydrogen) atoms. The number of carbonyl (C=O) groups is 1. The van der Waals surface area contributed by atoms with Crippen LogP contribution in [-0.2, 0) is 11.2 Å². The van der Waals surface area contributed by atoms with E-state index in [0.29, 0.717) is 5.82 Å². The second kappa shape index (κ2) is 5.91. The van der Waals surface area contributed by atoms with Crippen molar-refractivity contribution >= 4 is 11.8 Å². The maximum atomic E-state index is 11.3. The van der Waals surface area contributed by atoms with E-state index in [0.717, 1.165) is 19.3 Å². The van der Waals surface area contributed by atoms with Crippen molar-refractivity contribution in [3.05, 3.63) is 53.2 Å². The van der Waals surface area contributed by atoms with E-state index in [9.17, 15) is 4.79 Å². The van der Waals surface area contributed by atoms with Crippen LogP contribution in [0.2, 0.25) is 0 Å². The average Bonchev–Trinajstić information content (AvgIpc) is 2.55. The van der Waals surface area contributed by atoms with Crippen molar-refractivity contribution in [2.45, 2.75) is 25.3 Å². The van der Waals surface area contributed by atoms with E-state index in [4.69, 9.17) is 0 Å².